The maximum absolute atomic E-state index is 12.7. The molecular formula is C22H27N3O6S. The molecule has 0 unspecified atom stereocenters. The molecule has 4 N–H and O–H groups in total. The van der Waals surface area contributed by atoms with Crippen LogP contribution in [-0.2, 0) is 24.3 Å². The third kappa shape index (κ3) is 6.63. The molecule has 0 aliphatic rings. The molecule has 0 saturated heterocycles. The number of nitrogens with two attached hydrogens (primary N) is 1. The Hall–Kier alpha value is -3.24. The molecule has 0 aromatic heterocycles. The lowest BCUT2D eigenvalue weighted by molar-refractivity contribution is -0.156. The predicted octanol–water partition coefficient (Wildman–Crippen LogP) is 1.97. The van der Waals surface area contributed by atoms with Gasteiger partial charge in [0.1, 0.15) is 6.04 Å². The van der Waals surface area contributed by atoms with E-state index < -0.39 is 40.0 Å². The standard InChI is InChI=1S/C22H27N3O6S/c1-13(2)19(25-21(27)18-8-6-5-7-14(18)3)22(28)31-15(4)20(26)24-16-9-11-17(12-10-16)32(23,29)30/h5-13,15,19H,1-4H3,(H,24,26)(H,25,27)(H2,23,29,30)/t15-,19+/m0/s1. The van der Waals surface area contributed by atoms with Crippen molar-refractivity contribution in [3.8, 4) is 0 Å². The molecule has 0 aliphatic heterocycles. The average molecular weight is 462 g/mol. The van der Waals surface area contributed by atoms with Gasteiger partial charge in [-0.3, -0.25) is 9.59 Å². The van der Waals surface area contributed by atoms with Crippen molar-refractivity contribution in [2.45, 2.75) is 44.7 Å². The zero-order chi connectivity index (χ0) is 24.1. The van der Waals surface area contributed by atoms with E-state index in [9.17, 15) is 22.8 Å². The fraction of sp³-hybridized carbons (Fsp3) is 0.318. The molecule has 0 aliphatic carbocycles. The Balaban J connectivity index is 2.02. The number of primary sulfonamides is 1. The normalized spacial score (nSPS) is 13.2. The Morgan fingerprint density at radius 3 is 2.09 bits per heavy atom. The van der Waals surface area contributed by atoms with Gasteiger partial charge >= 0.3 is 5.97 Å². The summed E-state index contributed by atoms with van der Waals surface area (Å²) < 4.78 is 27.9. The van der Waals surface area contributed by atoms with Crippen LogP contribution in [0.1, 0.15) is 36.7 Å². The second-order valence-electron chi connectivity index (χ2n) is 7.65. The van der Waals surface area contributed by atoms with Gasteiger partial charge < -0.3 is 15.4 Å². The van der Waals surface area contributed by atoms with Crippen LogP contribution in [0.25, 0.3) is 0 Å². The van der Waals surface area contributed by atoms with E-state index in [1.54, 1.807) is 39.0 Å². The van der Waals surface area contributed by atoms with Crippen molar-refractivity contribution in [2.75, 3.05) is 5.32 Å². The van der Waals surface area contributed by atoms with Gasteiger partial charge in [-0.1, -0.05) is 32.0 Å². The molecule has 2 atom stereocenters. The minimum Gasteiger partial charge on any atom is -0.451 e. The van der Waals surface area contributed by atoms with E-state index in [0.717, 1.165) is 5.56 Å². The summed E-state index contributed by atoms with van der Waals surface area (Å²) in [5.41, 5.74) is 1.51. The van der Waals surface area contributed by atoms with Gasteiger partial charge in [-0.25, -0.2) is 18.4 Å². The second kappa shape index (κ2) is 10.4. The van der Waals surface area contributed by atoms with Crippen molar-refractivity contribution in [2.24, 2.45) is 11.1 Å². The molecule has 9 nitrogen and oxygen atoms in total. The molecule has 0 fully saturated rings. The van der Waals surface area contributed by atoms with E-state index in [2.05, 4.69) is 10.6 Å². The number of benzene rings is 2. The molecule has 2 rings (SSSR count). The van der Waals surface area contributed by atoms with E-state index in [-0.39, 0.29) is 10.8 Å². The maximum Gasteiger partial charge on any atom is 0.329 e. The van der Waals surface area contributed by atoms with Crippen LogP contribution in [0.15, 0.2) is 53.4 Å². The summed E-state index contributed by atoms with van der Waals surface area (Å²) in [6, 6.07) is 11.3. The zero-order valence-electron chi connectivity index (χ0n) is 18.3. The Kier molecular flexibility index (Phi) is 8.12. The highest BCUT2D eigenvalue weighted by Crippen LogP contribution is 2.14. The lowest BCUT2D eigenvalue weighted by Gasteiger charge is -2.23. The predicted molar refractivity (Wildman–Crippen MR) is 119 cm³/mol. The average Bonchev–Trinajstić information content (AvgIpc) is 2.71. The first-order chi connectivity index (χ1) is 14.9. The van der Waals surface area contributed by atoms with Crippen molar-refractivity contribution in [1.29, 1.82) is 0 Å². The smallest absolute Gasteiger partial charge is 0.329 e. The third-order valence-electron chi connectivity index (χ3n) is 4.71. The summed E-state index contributed by atoms with van der Waals surface area (Å²) in [7, 11) is -3.85. The quantitative estimate of drug-likeness (QED) is 0.513. The fourth-order valence-corrected chi connectivity index (χ4v) is 3.33. The van der Waals surface area contributed by atoms with E-state index >= 15 is 0 Å². The highest BCUT2D eigenvalue weighted by atomic mass is 32.2. The number of rotatable bonds is 8. The molecule has 0 bridgehead atoms. The van der Waals surface area contributed by atoms with Crippen molar-refractivity contribution < 1.29 is 27.5 Å². The molecule has 32 heavy (non-hydrogen) atoms. The number of carbonyl (C=O) groups is 3. The minimum atomic E-state index is -3.85. The lowest BCUT2D eigenvalue weighted by Crippen LogP contribution is -2.47. The number of carbonyl (C=O) groups excluding carboxylic acids is 3. The van der Waals surface area contributed by atoms with Crippen LogP contribution >= 0.6 is 0 Å². The van der Waals surface area contributed by atoms with E-state index in [4.69, 9.17) is 9.88 Å². The Morgan fingerprint density at radius 2 is 1.56 bits per heavy atom. The SMILES string of the molecule is Cc1ccccc1C(=O)N[C@@H](C(=O)O[C@@H](C)C(=O)Nc1ccc(S(N)(=O)=O)cc1)C(C)C. The highest BCUT2D eigenvalue weighted by Gasteiger charge is 2.29. The Labute approximate surface area is 187 Å². The largest absolute Gasteiger partial charge is 0.451 e. The molecule has 2 aromatic rings. The monoisotopic (exact) mass is 461 g/mol. The summed E-state index contributed by atoms with van der Waals surface area (Å²) in [5.74, 6) is -2.05. The van der Waals surface area contributed by atoms with Crippen LogP contribution in [0, 0.1) is 12.8 Å². The number of ether oxygens (including phenoxy) is 1. The van der Waals surface area contributed by atoms with Gasteiger partial charge in [0.05, 0.1) is 4.90 Å². The molecular weight excluding hydrogens is 434 g/mol. The Bertz CT molecular complexity index is 1100. The van der Waals surface area contributed by atoms with Crippen LogP contribution in [0.5, 0.6) is 0 Å². The van der Waals surface area contributed by atoms with E-state index in [1.165, 1.54) is 31.2 Å². The van der Waals surface area contributed by atoms with Crippen LogP contribution in [0.3, 0.4) is 0 Å². The van der Waals surface area contributed by atoms with Crippen molar-refractivity contribution in [1.82, 2.24) is 5.32 Å². The summed E-state index contributed by atoms with van der Waals surface area (Å²) in [6.45, 7) is 6.69. The van der Waals surface area contributed by atoms with Gasteiger partial charge in [0.15, 0.2) is 6.10 Å². The van der Waals surface area contributed by atoms with Crippen molar-refractivity contribution >= 4 is 33.5 Å². The van der Waals surface area contributed by atoms with Crippen molar-refractivity contribution in [3.05, 3.63) is 59.7 Å². The van der Waals surface area contributed by atoms with Gasteiger partial charge in [0.25, 0.3) is 11.8 Å². The number of nitrogens with one attached hydrogen (secondary N) is 2. The van der Waals surface area contributed by atoms with Crippen LogP contribution in [0.4, 0.5) is 5.69 Å². The molecule has 0 radical (unpaired) electrons. The number of sulfonamides is 1. The molecule has 0 saturated carbocycles. The molecule has 0 heterocycles. The summed E-state index contributed by atoms with van der Waals surface area (Å²) in [6.07, 6.45) is -1.16. The van der Waals surface area contributed by atoms with Gasteiger partial charge in [-0.2, -0.15) is 0 Å². The van der Waals surface area contributed by atoms with Gasteiger partial charge in [0.2, 0.25) is 10.0 Å². The van der Waals surface area contributed by atoms with Crippen LogP contribution in [0.2, 0.25) is 0 Å². The first-order valence-corrected chi connectivity index (χ1v) is 11.5. The summed E-state index contributed by atoms with van der Waals surface area (Å²) >= 11 is 0. The molecule has 0 spiro atoms. The number of anilines is 1. The second-order valence-corrected chi connectivity index (χ2v) is 9.21. The number of hydrogen-bond donors (Lipinski definition) is 3. The number of aryl methyl sites for hydroxylation is 1. The molecule has 172 valence electrons. The number of hydrogen-bond acceptors (Lipinski definition) is 6. The highest BCUT2D eigenvalue weighted by molar-refractivity contribution is 7.89. The Morgan fingerprint density at radius 1 is 0.969 bits per heavy atom. The first-order valence-electron chi connectivity index (χ1n) is 9.91. The fourth-order valence-electron chi connectivity index (χ4n) is 2.82. The summed E-state index contributed by atoms with van der Waals surface area (Å²) in [4.78, 5) is 37.5. The zero-order valence-corrected chi connectivity index (χ0v) is 19.1. The maximum atomic E-state index is 12.7. The van der Waals surface area contributed by atoms with Crippen LogP contribution in [-0.4, -0.2) is 38.3 Å². The first kappa shape index (κ1) is 25.0. The van der Waals surface area contributed by atoms with E-state index in [1.807, 2.05) is 6.07 Å². The summed E-state index contributed by atoms with van der Waals surface area (Å²) in [5, 5.41) is 10.2. The number of amides is 2. The van der Waals surface area contributed by atoms with Crippen LogP contribution < -0.4 is 15.8 Å². The third-order valence-corrected chi connectivity index (χ3v) is 5.64. The number of esters is 1. The molecule has 2 aromatic carbocycles. The molecule has 2 amide bonds. The van der Waals surface area contributed by atoms with Gasteiger partial charge in [-0.05, 0) is 55.7 Å². The van der Waals surface area contributed by atoms with Gasteiger partial charge in [0, 0.05) is 11.3 Å². The van der Waals surface area contributed by atoms with E-state index in [0.29, 0.717) is 11.3 Å². The van der Waals surface area contributed by atoms with Gasteiger partial charge in [-0.15, -0.1) is 0 Å². The minimum absolute atomic E-state index is 0.0980. The topological polar surface area (TPSA) is 145 Å². The molecule has 10 heteroatoms. The lowest BCUT2D eigenvalue weighted by atomic mass is 10.0. The van der Waals surface area contributed by atoms with Crippen molar-refractivity contribution in [3.63, 3.8) is 0 Å².